The summed E-state index contributed by atoms with van der Waals surface area (Å²) in [6, 6.07) is -0.746. The Morgan fingerprint density at radius 3 is 2.50 bits per heavy atom. The van der Waals surface area contributed by atoms with Crippen LogP contribution in [0.2, 0.25) is 0 Å². The largest absolute Gasteiger partial charge is 0.480 e. The number of hydrogen-bond donors (Lipinski definition) is 3. The average molecular weight is 256 g/mol. The summed E-state index contributed by atoms with van der Waals surface area (Å²) in [5.74, 6) is -1.05. The summed E-state index contributed by atoms with van der Waals surface area (Å²) in [6.07, 6.45) is 3.78. The number of unbranched alkanes of at least 4 members (excludes halogenated alkanes) is 1. The van der Waals surface area contributed by atoms with Gasteiger partial charge < -0.3 is 15.7 Å². The highest BCUT2D eigenvalue weighted by molar-refractivity contribution is 5.87. The molecule has 1 amide bonds. The Hall–Kier alpha value is -1.10. The SMILES string of the molecule is CCCC[C@H](NC(=O)C1(C)CCNCC1)C(=O)O. The van der Waals surface area contributed by atoms with Crippen molar-refractivity contribution in [1.29, 1.82) is 0 Å². The molecule has 5 heteroatoms. The van der Waals surface area contributed by atoms with E-state index < -0.39 is 17.4 Å². The van der Waals surface area contributed by atoms with E-state index in [0.717, 1.165) is 38.8 Å². The first-order valence-electron chi connectivity index (χ1n) is 6.74. The van der Waals surface area contributed by atoms with Crippen LogP contribution in [0.5, 0.6) is 0 Å². The molecule has 0 bridgehead atoms. The zero-order chi connectivity index (χ0) is 13.6. The first kappa shape index (κ1) is 15.0. The number of hydrogen-bond acceptors (Lipinski definition) is 3. The number of carboxylic acid groups (broad SMARTS) is 1. The predicted molar refractivity (Wildman–Crippen MR) is 69.3 cm³/mol. The summed E-state index contributed by atoms with van der Waals surface area (Å²) in [4.78, 5) is 23.3. The van der Waals surface area contributed by atoms with Crippen LogP contribution in [-0.4, -0.2) is 36.1 Å². The Bertz CT molecular complexity index is 299. The maximum absolute atomic E-state index is 12.2. The molecular weight excluding hydrogens is 232 g/mol. The quantitative estimate of drug-likeness (QED) is 0.666. The second-order valence-electron chi connectivity index (χ2n) is 5.32. The van der Waals surface area contributed by atoms with Gasteiger partial charge in [0.15, 0.2) is 0 Å². The number of carbonyl (C=O) groups is 2. The molecule has 5 nitrogen and oxygen atoms in total. The fourth-order valence-electron chi connectivity index (χ4n) is 2.20. The number of piperidine rings is 1. The van der Waals surface area contributed by atoms with Gasteiger partial charge in [-0.05, 0) is 32.4 Å². The number of amides is 1. The molecule has 1 aliphatic heterocycles. The molecule has 1 rings (SSSR count). The molecule has 0 spiro atoms. The van der Waals surface area contributed by atoms with Crippen molar-refractivity contribution in [2.75, 3.05) is 13.1 Å². The van der Waals surface area contributed by atoms with Crippen LogP contribution in [0.1, 0.15) is 46.0 Å². The van der Waals surface area contributed by atoms with Gasteiger partial charge in [0.05, 0.1) is 0 Å². The molecule has 1 saturated heterocycles. The van der Waals surface area contributed by atoms with Crippen LogP contribution in [0.25, 0.3) is 0 Å². The van der Waals surface area contributed by atoms with E-state index in [4.69, 9.17) is 5.11 Å². The van der Waals surface area contributed by atoms with Crippen molar-refractivity contribution in [2.45, 2.75) is 52.0 Å². The summed E-state index contributed by atoms with van der Waals surface area (Å²) < 4.78 is 0. The number of carbonyl (C=O) groups excluding carboxylic acids is 1. The fourth-order valence-corrected chi connectivity index (χ4v) is 2.20. The van der Waals surface area contributed by atoms with Crippen molar-refractivity contribution in [1.82, 2.24) is 10.6 Å². The van der Waals surface area contributed by atoms with Crippen molar-refractivity contribution in [3.8, 4) is 0 Å². The Balaban J connectivity index is 2.56. The van der Waals surface area contributed by atoms with Crippen LogP contribution < -0.4 is 10.6 Å². The molecular formula is C13H24N2O3. The third-order valence-electron chi connectivity index (χ3n) is 3.71. The van der Waals surface area contributed by atoms with Crippen LogP contribution in [0.15, 0.2) is 0 Å². The number of aliphatic carboxylic acids is 1. The molecule has 0 aromatic heterocycles. The fraction of sp³-hybridized carbons (Fsp3) is 0.846. The van der Waals surface area contributed by atoms with Gasteiger partial charge in [-0.2, -0.15) is 0 Å². The molecule has 1 heterocycles. The average Bonchev–Trinajstić information content (AvgIpc) is 2.34. The molecule has 1 aliphatic rings. The van der Waals surface area contributed by atoms with Gasteiger partial charge in [-0.15, -0.1) is 0 Å². The minimum absolute atomic E-state index is 0.118. The van der Waals surface area contributed by atoms with E-state index in [1.165, 1.54) is 0 Å². The van der Waals surface area contributed by atoms with Crippen LogP contribution in [-0.2, 0) is 9.59 Å². The van der Waals surface area contributed by atoms with Crippen molar-refractivity contribution in [2.24, 2.45) is 5.41 Å². The van der Waals surface area contributed by atoms with Gasteiger partial charge in [0.2, 0.25) is 5.91 Å². The van der Waals surface area contributed by atoms with Gasteiger partial charge >= 0.3 is 5.97 Å². The molecule has 104 valence electrons. The Morgan fingerprint density at radius 2 is 2.00 bits per heavy atom. The minimum atomic E-state index is -0.936. The van der Waals surface area contributed by atoms with Gasteiger partial charge in [0.1, 0.15) is 6.04 Å². The first-order chi connectivity index (χ1) is 8.49. The molecule has 1 fully saturated rings. The lowest BCUT2D eigenvalue weighted by Crippen LogP contribution is -2.50. The highest BCUT2D eigenvalue weighted by Crippen LogP contribution is 2.28. The summed E-state index contributed by atoms with van der Waals surface area (Å²) in [5, 5.41) is 15.0. The molecule has 1 atom stereocenters. The lowest BCUT2D eigenvalue weighted by molar-refractivity contribution is -0.144. The van der Waals surface area contributed by atoms with Crippen LogP contribution >= 0.6 is 0 Å². The normalized spacial score (nSPS) is 20.1. The van der Waals surface area contributed by atoms with Crippen LogP contribution in [0, 0.1) is 5.41 Å². The van der Waals surface area contributed by atoms with Gasteiger partial charge in [0, 0.05) is 5.41 Å². The zero-order valence-corrected chi connectivity index (χ0v) is 11.3. The second kappa shape index (κ2) is 6.73. The van der Waals surface area contributed by atoms with Gasteiger partial charge in [0.25, 0.3) is 0 Å². The molecule has 0 radical (unpaired) electrons. The van der Waals surface area contributed by atoms with E-state index in [1.54, 1.807) is 0 Å². The van der Waals surface area contributed by atoms with E-state index >= 15 is 0 Å². The lowest BCUT2D eigenvalue weighted by Gasteiger charge is -2.33. The Kier molecular flexibility index (Phi) is 5.59. The molecule has 18 heavy (non-hydrogen) atoms. The monoisotopic (exact) mass is 256 g/mol. The number of rotatable bonds is 6. The molecule has 0 saturated carbocycles. The highest BCUT2D eigenvalue weighted by atomic mass is 16.4. The van der Waals surface area contributed by atoms with E-state index in [-0.39, 0.29) is 5.91 Å². The van der Waals surface area contributed by atoms with Crippen molar-refractivity contribution >= 4 is 11.9 Å². The van der Waals surface area contributed by atoms with Gasteiger partial charge in [-0.3, -0.25) is 4.79 Å². The Labute approximate surface area is 108 Å². The minimum Gasteiger partial charge on any atom is -0.480 e. The third kappa shape index (κ3) is 3.98. The topological polar surface area (TPSA) is 78.4 Å². The van der Waals surface area contributed by atoms with Crippen LogP contribution in [0.4, 0.5) is 0 Å². The van der Waals surface area contributed by atoms with E-state index in [1.807, 2.05) is 13.8 Å². The maximum Gasteiger partial charge on any atom is 0.326 e. The van der Waals surface area contributed by atoms with Gasteiger partial charge in [-0.1, -0.05) is 26.7 Å². The van der Waals surface area contributed by atoms with Crippen LogP contribution in [0.3, 0.4) is 0 Å². The second-order valence-corrected chi connectivity index (χ2v) is 5.32. The molecule has 0 aromatic rings. The number of carboxylic acids is 1. The summed E-state index contributed by atoms with van der Waals surface area (Å²) in [7, 11) is 0. The smallest absolute Gasteiger partial charge is 0.326 e. The van der Waals surface area contributed by atoms with Crippen molar-refractivity contribution in [3.05, 3.63) is 0 Å². The molecule has 0 unspecified atom stereocenters. The van der Waals surface area contributed by atoms with Crippen molar-refractivity contribution < 1.29 is 14.7 Å². The Morgan fingerprint density at radius 1 is 1.39 bits per heavy atom. The van der Waals surface area contributed by atoms with E-state index in [0.29, 0.717) is 6.42 Å². The third-order valence-corrected chi connectivity index (χ3v) is 3.71. The summed E-state index contributed by atoms with van der Waals surface area (Å²) in [6.45, 7) is 5.56. The lowest BCUT2D eigenvalue weighted by atomic mass is 9.80. The maximum atomic E-state index is 12.2. The van der Waals surface area contributed by atoms with E-state index in [2.05, 4.69) is 10.6 Å². The van der Waals surface area contributed by atoms with Crippen molar-refractivity contribution in [3.63, 3.8) is 0 Å². The standard InChI is InChI=1S/C13H24N2O3/c1-3-4-5-10(11(16)17)15-12(18)13(2)6-8-14-9-7-13/h10,14H,3-9H2,1-2H3,(H,15,18)(H,16,17)/t10-/m0/s1. The zero-order valence-electron chi connectivity index (χ0n) is 11.3. The summed E-state index contributed by atoms with van der Waals surface area (Å²) in [5.41, 5.74) is -0.425. The first-order valence-corrected chi connectivity index (χ1v) is 6.74. The molecule has 3 N–H and O–H groups in total. The predicted octanol–water partition coefficient (Wildman–Crippen LogP) is 1.14. The number of nitrogens with one attached hydrogen (secondary N) is 2. The van der Waals surface area contributed by atoms with E-state index in [9.17, 15) is 9.59 Å². The molecule has 0 aliphatic carbocycles. The molecule has 0 aromatic carbocycles. The van der Waals surface area contributed by atoms with Gasteiger partial charge in [-0.25, -0.2) is 4.79 Å². The highest BCUT2D eigenvalue weighted by Gasteiger charge is 2.36. The summed E-state index contributed by atoms with van der Waals surface area (Å²) >= 11 is 0.